The Bertz CT molecular complexity index is 215. The SMILES string of the molecule is CCCCOC(=O)CCCCCCCCC1CS1. The van der Waals surface area contributed by atoms with Crippen molar-refractivity contribution in [3.8, 4) is 0 Å². The fourth-order valence-electron chi connectivity index (χ4n) is 1.99. The molecule has 0 N–H and O–H groups in total. The van der Waals surface area contributed by atoms with E-state index in [1.54, 1.807) is 0 Å². The molecular formula is C15H28O2S. The van der Waals surface area contributed by atoms with Gasteiger partial charge in [0.2, 0.25) is 0 Å². The van der Waals surface area contributed by atoms with E-state index < -0.39 is 0 Å². The maximum atomic E-state index is 11.3. The zero-order chi connectivity index (χ0) is 13.1. The predicted octanol–water partition coefficient (Wildman–Crippen LogP) is 4.57. The van der Waals surface area contributed by atoms with Crippen molar-refractivity contribution in [3.63, 3.8) is 0 Å². The highest BCUT2D eigenvalue weighted by atomic mass is 32.2. The minimum absolute atomic E-state index is 0.00536. The van der Waals surface area contributed by atoms with Crippen LogP contribution in [-0.2, 0) is 9.53 Å². The minimum Gasteiger partial charge on any atom is -0.466 e. The molecule has 1 aliphatic heterocycles. The van der Waals surface area contributed by atoms with Gasteiger partial charge >= 0.3 is 5.97 Å². The molecule has 3 heteroatoms. The van der Waals surface area contributed by atoms with Crippen LogP contribution in [0.4, 0.5) is 0 Å². The van der Waals surface area contributed by atoms with E-state index in [2.05, 4.69) is 18.7 Å². The molecule has 0 saturated carbocycles. The summed E-state index contributed by atoms with van der Waals surface area (Å²) in [7, 11) is 0. The van der Waals surface area contributed by atoms with Crippen molar-refractivity contribution in [2.45, 2.75) is 76.4 Å². The average Bonchev–Trinajstić information content (AvgIpc) is 3.17. The molecule has 0 aliphatic carbocycles. The van der Waals surface area contributed by atoms with Gasteiger partial charge < -0.3 is 4.74 Å². The van der Waals surface area contributed by atoms with E-state index in [0.29, 0.717) is 13.0 Å². The number of unbranched alkanes of at least 4 members (excludes halogenated alkanes) is 6. The van der Waals surface area contributed by atoms with Crippen molar-refractivity contribution < 1.29 is 9.53 Å². The molecule has 18 heavy (non-hydrogen) atoms. The van der Waals surface area contributed by atoms with Gasteiger partial charge in [0.05, 0.1) is 6.61 Å². The van der Waals surface area contributed by atoms with Crippen LogP contribution in [0, 0.1) is 0 Å². The molecule has 0 aromatic carbocycles. The van der Waals surface area contributed by atoms with Crippen molar-refractivity contribution in [1.29, 1.82) is 0 Å². The van der Waals surface area contributed by atoms with Gasteiger partial charge in [-0.25, -0.2) is 0 Å². The minimum atomic E-state index is -0.00536. The fraction of sp³-hybridized carbons (Fsp3) is 0.933. The van der Waals surface area contributed by atoms with Gasteiger partial charge in [-0.1, -0.05) is 45.4 Å². The Kier molecular flexibility index (Phi) is 9.45. The summed E-state index contributed by atoms with van der Waals surface area (Å²) in [5.41, 5.74) is 0. The molecule has 1 saturated heterocycles. The quantitative estimate of drug-likeness (QED) is 0.296. The Morgan fingerprint density at radius 2 is 1.78 bits per heavy atom. The van der Waals surface area contributed by atoms with Crippen molar-refractivity contribution >= 4 is 17.7 Å². The molecule has 1 fully saturated rings. The summed E-state index contributed by atoms with van der Waals surface area (Å²) in [5, 5.41) is 1.00. The fourth-order valence-corrected chi connectivity index (χ4v) is 2.62. The maximum absolute atomic E-state index is 11.3. The normalized spacial score (nSPS) is 17.7. The highest BCUT2D eigenvalue weighted by Crippen LogP contribution is 2.34. The number of thioether (sulfide) groups is 1. The van der Waals surface area contributed by atoms with Gasteiger partial charge in [0.15, 0.2) is 0 Å². The highest BCUT2D eigenvalue weighted by Gasteiger charge is 2.20. The lowest BCUT2D eigenvalue weighted by Crippen LogP contribution is -2.05. The molecular weight excluding hydrogens is 244 g/mol. The van der Waals surface area contributed by atoms with Crippen molar-refractivity contribution in [2.24, 2.45) is 0 Å². The Morgan fingerprint density at radius 1 is 1.11 bits per heavy atom. The van der Waals surface area contributed by atoms with Crippen LogP contribution in [0.1, 0.15) is 71.1 Å². The molecule has 0 spiro atoms. The van der Waals surface area contributed by atoms with Crippen LogP contribution in [0.2, 0.25) is 0 Å². The molecule has 0 radical (unpaired) electrons. The van der Waals surface area contributed by atoms with Crippen LogP contribution in [0.15, 0.2) is 0 Å². The second kappa shape index (κ2) is 10.7. The van der Waals surface area contributed by atoms with Gasteiger partial charge in [0.25, 0.3) is 0 Å². The Balaban J connectivity index is 1.72. The first kappa shape index (κ1) is 15.9. The van der Waals surface area contributed by atoms with Crippen molar-refractivity contribution in [2.75, 3.05) is 12.4 Å². The van der Waals surface area contributed by atoms with Crippen LogP contribution in [0.25, 0.3) is 0 Å². The molecule has 1 atom stereocenters. The van der Waals surface area contributed by atoms with Crippen molar-refractivity contribution in [3.05, 3.63) is 0 Å². The number of esters is 1. The van der Waals surface area contributed by atoms with E-state index in [1.807, 2.05) is 0 Å². The second-order valence-corrected chi connectivity index (χ2v) is 6.52. The number of carbonyl (C=O) groups excluding carboxylic acids is 1. The van der Waals surface area contributed by atoms with Crippen LogP contribution in [0.5, 0.6) is 0 Å². The Morgan fingerprint density at radius 3 is 2.44 bits per heavy atom. The summed E-state index contributed by atoms with van der Waals surface area (Å²) >= 11 is 2.10. The van der Waals surface area contributed by atoms with Gasteiger partial charge in [-0.2, -0.15) is 11.8 Å². The standard InChI is InChI=1S/C15H28O2S/c1-2-3-12-17-15(16)11-9-7-5-4-6-8-10-14-13-18-14/h14H,2-13H2,1H3. The number of hydrogen-bond acceptors (Lipinski definition) is 3. The van der Waals surface area contributed by atoms with E-state index in [0.717, 1.165) is 24.5 Å². The van der Waals surface area contributed by atoms with E-state index in [4.69, 9.17) is 4.74 Å². The van der Waals surface area contributed by atoms with Crippen LogP contribution in [0.3, 0.4) is 0 Å². The first-order chi connectivity index (χ1) is 8.83. The molecule has 1 heterocycles. The molecule has 0 aromatic heterocycles. The van der Waals surface area contributed by atoms with Crippen LogP contribution < -0.4 is 0 Å². The Hall–Kier alpha value is -0.180. The molecule has 106 valence electrons. The average molecular weight is 272 g/mol. The lowest BCUT2D eigenvalue weighted by Gasteiger charge is -2.04. The number of hydrogen-bond donors (Lipinski definition) is 0. The topological polar surface area (TPSA) is 26.3 Å². The first-order valence-corrected chi connectivity index (χ1v) is 8.65. The molecule has 0 aromatic rings. The highest BCUT2D eigenvalue weighted by molar-refractivity contribution is 8.06. The first-order valence-electron chi connectivity index (χ1n) is 7.60. The molecule has 0 bridgehead atoms. The van der Waals surface area contributed by atoms with Crippen molar-refractivity contribution in [1.82, 2.24) is 0 Å². The molecule has 1 aliphatic rings. The van der Waals surface area contributed by atoms with Crippen LogP contribution >= 0.6 is 11.8 Å². The van der Waals surface area contributed by atoms with E-state index in [1.165, 1.54) is 44.3 Å². The lowest BCUT2D eigenvalue weighted by atomic mass is 10.1. The maximum Gasteiger partial charge on any atom is 0.305 e. The Labute approximate surface area is 116 Å². The summed E-state index contributed by atoms with van der Waals surface area (Å²) in [6.45, 7) is 2.71. The monoisotopic (exact) mass is 272 g/mol. The lowest BCUT2D eigenvalue weighted by molar-refractivity contribution is -0.143. The number of carbonyl (C=O) groups is 1. The summed E-state index contributed by atoms with van der Waals surface area (Å²) in [4.78, 5) is 11.3. The third kappa shape index (κ3) is 9.81. The smallest absolute Gasteiger partial charge is 0.305 e. The molecule has 2 nitrogen and oxygen atoms in total. The third-order valence-electron chi connectivity index (χ3n) is 3.32. The van der Waals surface area contributed by atoms with Gasteiger partial charge in [-0.05, 0) is 19.3 Å². The van der Waals surface area contributed by atoms with Gasteiger partial charge in [-0.15, -0.1) is 0 Å². The second-order valence-electron chi connectivity index (χ2n) is 5.19. The third-order valence-corrected chi connectivity index (χ3v) is 4.36. The zero-order valence-corrected chi connectivity index (χ0v) is 12.6. The van der Waals surface area contributed by atoms with Gasteiger partial charge in [0.1, 0.15) is 0 Å². The summed E-state index contributed by atoms with van der Waals surface area (Å²) < 4.78 is 5.12. The zero-order valence-electron chi connectivity index (χ0n) is 11.8. The van der Waals surface area contributed by atoms with Gasteiger partial charge in [0, 0.05) is 17.4 Å². The summed E-state index contributed by atoms with van der Waals surface area (Å²) in [6, 6.07) is 0. The molecule has 0 amide bonds. The van der Waals surface area contributed by atoms with Crippen LogP contribution in [-0.4, -0.2) is 23.6 Å². The number of ether oxygens (including phenoxy) is 1. The predicted molar refractivity (Wildman–Crippen MR) is 79.0 cm³/mol. The van der Waals surface area contributed by atoms with E-state index >= 15 is 0 Å². The summed E-state index contributed by atoms with van der Waals surface area (Å²) in [6.07, 6.45) is 11.7. The molecule has 1 unspecified atom stereocenters. The van der Waals surface area contributed by atoms with Gasteiger partial charge in [-0.3, -0.25) is 4.79 Å². The summed E-state index contributed by atoms with van der Waals surface area (Å²) in [5.74, 6) is 1.40. The van der Waals surface area contributed by atoms with E-state index in [9.17, 15) is 4.79 Å². The number of rotatable bonds is 12. The largest absolute Gasteiger partial charge is 0.466 e. The molecule has 1 rings (SSSR count). The van der Waals surface area contributed by atoms with E-state index in [-0.39, 0.29) is 5.97 Å².